The number of anilines is 1. The highest BCUT2D eigenvalue weighted by atomic mass is 127. The fourth-order valence-electron chi connectivity index (χ4n) is 1.50. The van der Waals surface area contributed by atoms with Crippen LogP contribution in [0.25, 0.3) is 0 Å². The van der Waals surface area contributed by atoms with Crippen LogP contribution in [-0.2, 0) is 4.79 Å². The monoisotopic (exact) mass is 347 g/mol. The molecule has 0 unspecified atom stereocenters. The largest absolute Gasteiger partial charge is 0.465 e. The molecule has 0 aromatic carbocycles. The zero-order valence-corrected chi connectivity index (χ0v) is 10.9. The highest BCUT2D eigenvalue weighted by Crippen LogP contribution is 2.20. The molecule has 2 rings (SSSR count). The summed E-state index contributed by atoms with van der Waals surface area (Å²) in [5, 5.41) is 11.4. The van der Waals surface area contributed by atoms with Crippen LogP contribution in [0.2, 0.25) is 0 Å². The molecule has 0 radical (unpaired) electrons. The summed E-state index contributed by atoms with van der Waals surface area (Å²) in [5.74, 6) is -0.421. The molecule has 6 nitrogen and oxygen atoms in total. The fraction of sp³-hybridized carbons (Fsp3) is 0.300. The van der Waals surface area contributed by atoms with Gasteiger partial charge in [0.05, 0.1) is 17.8 Å². The lowest BCUT2D eigenvalue weighted by Crippen LogP contribution is -2.54. The lowest BCUT2D eigenvalue weighted by molar-refractivity contribution is -0.123. The third kappa shape index (κ3) is 2.65. The van der Waals surface area contributed by atoms with Crippen molar-refractivity contribution in [2.75, 3.05) is 18.4 Å². The molecule has 0 saturated carbocycles. The molecule has 0 aliphatic carbocycles. The average molecular weight is 347 g/mol. The number of aromatic nitrogens is 1. The number of nitrogens with one attached hydrogen (secondary N) is 1. The zero-order chi connectivity index (χ0) is 12.4. The summed E-state index contributed by atoms with van der Waals surface area (Å²) in [6.07, 6.45) is 2.24. The van der Waals surface area contributed by atoms with E-state index in [4.69, 9.17) is 5.11 Å². The van der Waals surface area contributed by atoms with Crippen molar-refractivity contribution in [2.24, 2.45) is 5.92 Å². The Bertz CT molecular complexity index is 460. The first-order valence-electron chi connectivity index (χ1n) is 4.96. The SMILES string of the molecule is O=C(Nc1cnccc1I)C1CN(C(=O)O)C1. The molecular weight excluding hydrogens is 337 g/mol. The van der Waals surface area contributed by atoms with Crippen LogP contribution in [0, 0.1) is 9.49 Å². The van der Waals surface area contributed by atoms with Gasteiger partial charge in [-0.25, -0.2) is 4.79 Å². The molecule has 7 heteroatoms. The number of halogens is 1. The van der Waals surface area contributed by atoms with Crippen LogP contribution in [0.1, 0.15) is 0 Å². The van der Waals surface area contributed by atoms with Gasteiger partial charge in [-0.15, -0.1) is 0 Å². The van der Waals surface area contributed by atoms with E-state index in [2.05, 4.69) is 32.9 Å². The van der Waals surface area contributed by atoms with Crippen LogP contribution >= 0.6 is 22.6 Å². The van der Waals surface area contributed by atoms with Gasteiger partial charge in [0.15, 0.2) is 0 Å². The van der Waals surface area contributed by atoms with Gasteiger partial charge in [0.25, 0.3) is 0 Å². The van der Waals surface area contributed by atoms with Gasteiger partial charge in [-0.2, -0.15) is 0 Å². The van der Waals surface area contributed by atoms with Crippen LogP contribution in [0.15, 0.2) is 18.5 Å². The molecule has 17 heavy (non-hydrogen) atoms. The predicted octanol–water partition coefficient (Wildman–Crippen LogP) is 1.23. The van der Waals surface area contributed by atoms with Crippen LogP contribution in [0.5, 0.6) is 0 Å². The summed E-state index contributed by atoms with van der Waals surface area (Å²) < 4.78 is 0.903. The lowest BCUT2D eigenvalue weighted by atomic mass is 10.00. The Labute approximate surface area is 111 Å². The first-order chi connectivity index (χ1) is 8.08. The van der Waals surface area contributed by atoms with Gasteiger partial charge in [-0.05, 0) is 28.7 Å². The van der Waals surface area contributed by atoms with E-state index >= 15 is 0 Å². The minimum Gasteiger partial charge on any atom is -0.465 e. The molecule has 2 N–H and O–H groups in total. The molecule has 1 aliphatic rings. The first-order valence-corrected chi connectivity index (χ1v) is 6.04. The second-order valence-corrected chi connectivity index (χ2v) is 4.89. The molecule has 1 aromatic rings. The molecule has 0 atom stereocenters. The first kappa shape index (κ1) is 12.1. The van der Waals surface area contributed by atoms with E-state index in [0.29, 0.717) is 5.69 Å². The van der Waals surface area contributed by atoms with Crippen LogP contribution in [-0.4, -0.2) is 40.1 Å². The Morgan fingerprint density at radius 2 is 2.24 bits per heavy atom. The van der Waals surface area contributed by atoms with Crippen molar-refractivity contribution >= 4 is 40.3 Å². The number of pyridine rings is 1. The number of carboxylic acid groups (broad SMARTS) is 1. The molecule has 1 saturated heterocycles. The Morgan fingerprint density at radius 3 is 2.82 bits per heavy atom. The normalized spacial score (nSPS) is 15.2. The molecule has 1 aliphatic heterocycles. The molecule has 1 aromatic heterocycles. The van der Waals surface area contributed by atoms with E-state index in [1.807, 2.05) is 0 Å². The fourth-order valence-corrected chi connectivity index (χ4v) is 1.94. The number of rotatable bonds is 2. The lowest BCUT2D eigenvalue weighted by Gasteiger charge is -2.35. The third-order valence-electron chi connectivity index (χ3n) is 2.55. The quantitative estimate of drug-likeness (QED) is 0.789. The van der Waals surface area contributed by atoms with E-state index in [1.54, 1.807) is 18.5 Å². The van der Waals surface area contributed by atoms with Gasteiger partial charge in [-0.1, -0.05) is 0 Å². The van der Waals surface area contributed by atoms with Gasteiger partial charge >= 0.3 is 6.09 Å². The number of amides is 2. The predicted molar refractivity (Wildman–Crippen MR) is 68.7 cm³/mol. The maximum absolute atomic E-state index is 11.8. The number of carbonyl (C=O) groups is 2. The molecular formula is C10H10IN3O3. The van der Waals surface area contributed by atoms with Gasteiger partial charge in [0.2, 0.25) is 5.91 Å². The topological polar surface area (TPSA) is 82.5 Å². The Balaban J connectivity index is 1.91. The summed E-state index contributed by atoms with van der Waals surface area (Å²) >= 11 is 2.10. The number of hydrogen-bond acceptors (Lipinski definition) is 3. The van der Waals surface area contributed by atoms with Gasteiger partial charge in [0.1, 0.15) is 0 Å². The van der Waals surface area contributed by atoms with Crippen molar-refractivity contribution in [3.8, 4) is 0 Å². The summed E-state index contributed by atoms with van der Waals surface area (Å²) in [6.45, 7) is 0.524. The molecule has 0 bridgehead atoms. The maximum atomic E-state index is 11.8. The van der Waals surface area contributed by atoms with Crippen molar-refractivity contribution in [1.29, 1.82) is 0 Å². The average Bonchev–Trinajstić information content (AvgIpc) is 2.18. The van der Waals surface area contributed by atoms with Crippen molar-refractivity contribution in [3.05, 3.63) is 22.0 Å². The minimum absolute atomic E-state index is 0.159. The van der Waals surface area contributed by atoms with Crippen molar-refractivity contribution in [1.82, 2.24) is 9.88 Å². The summed E-state index contributed by atoms with van der Waals surface area (Å²) in [4.78, 5) is 27.4. The van der Waals surface area contributed by atoms with E-state index in [9.17, 15) is 9.59 Å². The number of likely N-dealkylation sites (tertiary alicyclic amines) is 1. The number of hydrogen-bond donors (Lipinski definition) is 2. The molecule has 1 fully saturated rings. The summed E-state index contributed by atoms with van der Waals surface area (Å²) in [6, 6.07) is 1.79. The van der Waals surface area contributed by atoms with Crippen LogP contribution in [0.4, 0.5) is 10.5 Å². The van der Waals surface area contributed by atoms with Gasteiger partial charge in [-0.3, -0.25) is 9.78 Å². The highest BCUT2D eigenvalue weighted by molar-refractivity contribution is 14.1. The zero-order valence-electron chi connectivity index (χ0n) is 8.76. The van der Waals surface area contributed by atoms with Crippen molar-refractivity contribution in [2.45, 2.75) is 0 Å². The van der Waals surface area contributed by atoms with E-state index in [0.717, 1.165) is 3.57 Å². The van der Waals surface area contributed by atoms with Gasteiger partial charge < -0.3 is 15.3 Å². The Morgan fingerprint density at radius 1 is 1.53 bits per heavy atom. The standard InChI is InChI=1S/C10H10IN3O3/c11-7-1-2-12-3-8(7)13-9(15)6-4-14(5-6)10(16)17/h1-3,6H,4-5H2,(H,13,15)(H,16,17). The maximum Gasteiger partial charge on any atom is 0.407 e. The van der Waals surface area contributed by atoms with Crippen molar-refractivity contribution < 1.29 is 14.7 Å². The second-order valence-electron chi connectivity index (χ2n) is 3.73. The Hall–Kier alpha value is -1.38. The molecule has 2 heterocycles. The summed E-state index contributed by atoms with van der Waals surface area (Å²) in [7, 11) is 0. The molecule has 0 spiro atoms. The molecule has 2 amide bonds. The van der Waals surface area contributed by atoms with Gasteiger partial charge in [0, 0.05) is 22.9 Å². The van der Waals surface area contributed by atoms with Crippen molar-refractivity contribution in [3.63, 3.8) is 0 Å². The van der Waals surface area contributed by atoms with E-state index in [1.165, 1.54) is 4.90 Å². The third-order valence-corrected chi connectivity index (χ3v) is 3.49. The number of nitrogens with zero attached hydrogens (tertiary/aromatic N) is 2. The molecule has 90 valence electrons. The summed E-state index contributed by atoms with van der Waals surface area (Å²) in [5.41, 5.74) is 0.659. The van der Waals surface area contributed by atoms with Crippen LogP contribution in [0.3, 0.4) is 0 Å². The minimum atomic E-state index is -0.981. The number of carbonyl (C=O) groups excluding carboxylic acids is 1. The highest BCUT2D eigenvalue weighted by Gasteiger charge is 2.35. The van der Waals surface area contributed by atoms with E-state index < -0.39 is 6.09 Å². The van der Waals surface area contributed by atoms with Crippen LogP contribution < -0.4 is 5.32 Å². The smallest absolute Gasteiger partial charge is 0.407 e. The Kier molecular flexibility index (Phi) is 3.46. The second kappa shape index (κ2) is 4.86. The van der Waals surface area contributed by atoms with E-state index in [-0.39, 0.29) is 24.9 Å².